The van der Waals surface area contributed by atoms with Crippen molar-refractivity contribution in [2.75, 3.05) is 0 Å². The van der Waals surface area contributed by atoms with E-state index in [1.807, 2.05) is 23.0 Å². The van der Waals surface area contributed by atoms with Crippen LogP contribution in [0.2, 0.25) is 0 Å². The fraction of sp³-hybridized carbons (Fsp3) is 0.308. The highest BCUT2D eigenvalue weighted by Gasteiger charge is 2.07. The molecule has 1 aromatic carbocycles. The van der Waals surface area contributed by atoms with Crippen molar-refractivity contribution in [1.82, 2.24) is 9.78 Å². The molecule has 0 fully saturated rings. The first-order valence-corrected chi connectivity index (χ1v) is 6.54. The monoisotopic (exact) mass is 278 g/mol. The highest BCUT2D eigenvalue weighted by atomic mass is 79.9. The number of halogens is 1. The molecule has 2 aromatic rings. The van der Waals surface area contributed by atoms with Crippen LogP contribution < -0.4 is 0 Å². The van der Waals surface area contributed by atoms with E-state index >= 15 is 0 Å². The molecule has 2 nitrogen and oxygen atoms in total. The average molecular weight is 279 g/mol. The van der Waals surface area contributed by atoms with E-state index < -0.39 is 0 Å². The van der Waals surface area contributed by atoms with Gasteiger partial charge in [0.15, 0.2) is 0 Å². The minimum absolute atomic E-state index is 0.470. The van der Waals surface area contributed by atoms with Gasteiger partial charge in [0.2, 0.25) is 0 Å². The van der Waals surface area contributed by atoms with Crippen LogP contribution in [-0.4, -0.2) is 9.78 Å². The number of hydrogen-bond acceptors (Lipinski definition) is 1. The van der Waals surface area contributed by atoms with Crippen LogP contribution in [0.25, 0.3) is 5.69 Å². The van der Waals surface area contributed by atoms with E-state index in [1.54, 1.807) is 0 Å². The van der Waals surface area contributed by atoms with Gasteiger partial charge in [0.05, 0.1) is 11.4 Å². The Hall–Kier alpha value is -1.09. The maximum absolute atomic E-state index is 4.58. The lowest BCUT2D eigenvalue weighted by molar-refractivity contribution is 0.766. The van der Waals surface area contributed by atoms with Crippen molar-refractivity contribution in [3.8, 4) is 5.69 Å². The number of hydrogen-bond donors (Lipinski definition) is 0. The second kappa shape index (κ2) is 4.83. The molecule has 0 aliphatic heterocycles. The quantitative estimate of drug-likeness (QED) is 0.779. The number of aromatic nitrogens is 2. The number of para-hydroxylation sites is 1. The van der Waals surface area contributed by atoms with Gasteiger partial charge in [0.1, 0.15) is 0 Å². The third kappa shape index (κ3) is 2.19. The second-order valence-electron chi connectivity index (χ2n) is 4.10. The molecular weight excluding hydrogens is 264 g/mol. The SMILES string of the molecule is CC(C)c1ccn(-c2ccccc2CBr)n1. The first-order chi connectivity index (χ1) is 7.72. The first-order valence-electron chi connectivity index (χ1n) is 5.42. The highest BCUT2D eigenvalue weighted by Crippen LogP contribution is 2.18. The lowest BCUT2D eigenvalue weighted by Crippen LogP contribution is -2.00. The first kappa shape index (κ1) is 11.4. The fourth-order valence-electron chi connectivity index (χ4n) is 1.63. The molecule has 0 spiro atoms. The molecule has 1 aromatic heterocycles. The zero-order chi connectivity index (χ0) is 11.5. The Kier molecular flexibility index (Phi) is 3.44. The predicted octanol–water partition coefficient (Wildman–Crippen LogP) is 3.89. The summed E-state index contributed by atoms with van der Waals surface area (Å²) in [6.45, 7) is 4.31. The number of rotatable bonds is 3. The highest BCUT2D eigenvalue weighted by molar-refractivity contribution is 9.08. The summed E-state index contributed by atoms with van der Waals surface area (Å²) < 4.78 is 1.95. The Morgan fingerprint density at radius 2 is 2.00 bits per heavy atom. The Morgan fingerprint density at radius 1 is 1.25 bits per heavy atom. The van der Waals surface area contributed by atoms with Crippen molar-refractivity contribution in [2.24, 2.45) is 0 Å². The molecule has 0 N–H and O–H groups in total. The second-order valence-corrected chi connectivity index (χ2v) is 4.66. The van der Waals surface area contributed by atoms with Gasteiger partial charge in [-0.05, 0) is 23.6 Å². The summed E-state index contributed by atoms with van der Waals surface area (Å²) in [5, 5.41) is 5.43. The van der Waals surface area contributed by atoms with E-state index in [2.05, 4.69) is 53.1 Å². The minimum atomic E-state index is 0.470. The van der Waals surface area contributed by atoms with Gasteiger partial charge < -0.3 is 0 Å². The Labute approximate surface area is 104 Å². The lowest BCUT2D eigenvalue weighted by atomic mass is 10.1. The van der Waals surface area contributed by atoms with Crippen molar-refractivity contribution in [3.63, 3.8) is 0 Å². The van der Waals surface area contributed by atoms with Crippen molar-refractivity contribution < 1.29 is 0 Å². The van der Waals surface area contributed by atoms with Crippen LogP contribution in [0, 0.1) is 0 Å². The van der Waals surface area contributed by atoms with Crippen LogP contribution in [0.15, 0.2) is 36.5 Å². The summed E-state index contributed by atoms with van der Waals surface area (Å²) in [6, 6.07) is 10.4. The van der Waals surface area contributed by atoms with Gasteiger partial charge in [-0.1, -0.05) is 48.0 Å². The molecule has 16 heavy (non-hydrogen) atoms. The van der Waals surface area contributed by atoms with Crippen LogP contribution in [0.5, 0.6) is 0 Å². The van der Waals surface area contributed by atoms with Crippen LogP contribution in [0.4, 0.5) is 0 Å². The van der Waals surface area contributed by atoms with Crippen molar-refractivity contribution >= 4 is 15.9 Å². The molecular formula is C13H15BrN2. The van der Waals surface area contributed by atoms with E-state index in [1.165, 1.54) is 5.56 Å². The molecule has 0 saturated heterocycles. The van der Waals surface area contributed by atoms with Gasteiger partial charge in [0.25, 0.3) is 0 Å². The zero-order valence-electron chi connectivity index (χ0n) is 9.52. The maximum Gasteiger partial charge on any atom is 0.0686 e. The zero-order valence-corrected chi connectivity index (χ0v) is 11.1. The van der Waals surface area contributed by atoms with E-state index in [0.29, 0.717) is 5.92 Å². The Morgan fingerprint density at radius 3 is 2.62 bits per heavy atom. The number of alkyl halides is 1. The van der Waals surface area contributed by atoms with Gasteiger partial charge in [-0.15, -0.1) is 0 Å². The third-order valence-electron chi connectivity index (χ3n) is 2.58. The molecule has 0 radical (unpaired) electrons. The van der Waals surface area contributed by atoms with E-state index in [9.17, 15) is 0 Å². The topological polar surface area (TPSA) is 17.8 Å². The van der Waals surface area contributed by atoms with Crippen LogP contribution in [-0.2, 0) is 5.33 Å². The standard InChI is InChI=1S/C13H15BrN2/c1-10(2)12-7-8-16(15-12)13-6-4-3-5-11(13)9-14/h3-8,10H,9H2,1-2H3. The molecule has 0 aliphatic rings. The van der Waals surface area contributed by atoms with Crippen molar-refractivity contribution in [2.45, 2.75) is 25.1 Å². The Balaban J connectivity index is 2.42. The van der Waals surface area contributed by atoms with Gasteiger partial charge in [-0.3, -0.25) is 0 Å². The summed E-state index contributed by atoms with van der Waals surface area (Å²) in [5.41, 5.74) is 3.52. The molecule has 0 amide bonds. The van der Waals surface area contributed by atoms with Gasteiger partial charge in [-0.25, -0.2) is 4.68 Å². The van der Waals surface area contributed by atoms with Crippen molar-refractivity contribution in [3.05, 3.63) is 47.8 Å². The molecule has 0 atom stereocenters. The van der Waals surface area contributed by atoms with E-state index in [0.717, 1.165) is 16.7 Å². The molecule has 2 rings (SSSR count). The summed E-state index contributed by atoms with van der Waals surface area (Å²) in [6.07, 6.45) is 2.02. The van der Waals surface area contributed by atoms with E-state index in [4.69, 9.17) is 0 Å². The van der Waals surface area contributed by atoms with Crippen molar-refractivity contribution in [1.29, 1.82) is 0 Å². The largest absolute Gasteiger partial charge is 0.240 e. The number of benzene rings is 1. The summed E-state index contributed by atoms with van der Waals surface area (Å²) in [4.78, 5) is 0. The van der Waals surface area contributed by atoms with E-state index in [-0.39, 0.29) is 0 Å². The van der Waals surface area contributed by atoms with Crippen LogP contribution in [0.3, 0.4) is 0 Å². The fourth-order valence-corrected chi connectivity index (χ4v) is 2.10. The molecule has 1 heterocycles. The van der Waals surface area contributed by atoms with Crippen LogP contribution in [0.1, 0.15) is 31.0 Å². The molecule has 0 saturated carbocycles. The average Bonchev–Trinajstić information content (AvgIpc) is 2.78. The smallest absolute Gasteiger partial charge is 0.0686 e. The minimum Gasteiger partial charge on any atom is -0.240 e. The molecule has 0 aliphatic carbocycles. The maximum atomic E-state index is 4.58. The van der Waals surface area contributed by atoms with Gasteiger partial charge in [-0.2, -0.15) is 5.10 Å². The summed E-state index contributed by atoms with van der Waals surface area (Å²) in [7, 11) is 0. The van der Waals surface area contributed by atoms with Crippen LogP contribution >= 0.6 is 15.9 Å². The van der Waals surface area contributed by atoms with Gasteiger partial charge in [0, 0.05) is 11.5 Å². The molecule has 84 valence electrons. The molecule has 0 unspecified atom stereocenters. The summed E-state index contributed by atoms with van der Waals surface area (Å²) >= 11 is 3.50. The molecule has 0 bridgehead atoms. The third-order valence-corrected chi connectivity index (χ3v) is 3.19. The van der Waals surface area contributed by atoms with Gasteiger partial charge >= 0.3 is 0 Å². The normalized spacial score (nSPS) is 11.0. The summed E-state index contributed by atoms with van der Waals surface area (Å²) in [5.74, 6) is 0.470. The molecule has 3 heteroatoms. The lowest BCUT2D eigenvalue weighted by Gasteiger charge is -2.06. The predicted molar refractivity (Wildman–Crippen MR) is 70.3 cm³/mol. The number of nitrogens with zero attached hydrogens (tertiary/aromatic N) is 2. The Bertz CT molecular complexity index is 474.